The average Bonchev–Trinajstić information content (AvgIpc) is 3.36. The quantitative estimate of drug-likeness (QED) is 0.712. The second-order valence-corrected chi connectivity index (χ2v) is 7.48. The summed E-state index contributed by atoms with van der Waals surface area (Å²) >= 11 is 0. The minimum Gasteiger partial charge on any atom is -0.339 e. The fourth-order valence-electron chi connectivity index (χ4n) is 4.40. The zero-order chi connectivity index (χ0) is 17.3. The van der Waals surface area contributed by atoms with Crippen molar-refractivity contribution in [2.75, 3.05) is 0 Å². The van der Waals surface area contributed by atoms with E-state index in [4.69, 9.17) is 9.51 Å². The second-order valence-electron chi connectivity index (χ2n) is 7.48. The monoisotopic (exact) mass is 349 g/mol. The lowest BCUT2D eigenvalue weighted by atomic mass is 9.88. The third kappa shape index (κ3) is 2.83. The van der Waals surface area contributed by atoms with Crippen molar-refractivity contribution in [3.63, 3.8) is 0 Å². The Morgan fingerprint density at radius 1 is 1.00 bits per heavy atom. The van der Waals surface area contributed by atoms with Gasteiger partial charge in [-0.25, -0.2) is 4.98 Å². The third-order valence-corrected chi connectivity index (χ3v) is 5.83. The van der Waals surface area contributed by atoms with E-state index < -0.39 is 0 Å². The van der Waals surface area contributed by atoms with Crippen LogP contribution in [0, 0.1) is 0 Å². The molecule has 5 rings (SSSR count). The Hall–Kier alpha value is -2.50. The molecule has 1 saturated carbocycles. The minimum atomic E-state index is 0.279. The fraction of sp³-hybridized carbons (Fsp3) is 0.500. The van der Waals surface area contributed by atoms with Gasteiger partial charge in [-0.2, -0.15) is 4.98 Å². The normalized spacial score (nSPS) is 20.8. The number of fused-ring (bicyclic) bond motifs is 1. The zero-order valence-corrected chi connectivity index (χ0v) is 14.8. The van der Waals surface area contributed by atoms with Crippen LogP contribution in [0.5, 0.6) is 0 Å². The van der Waals surface area contributed by atoms with Crippen molar-refractivity contribution in [1.82, 2.24) is 24.7 Å². The second kappa shape index (κ2) is 6.67. The van der Waals surface area contributed by atoms with E-state index in [9.17, 15) is 0 Å². The molecule has 6 nitrogen and oxygen atoms in total. The van der Waals surface area contributed by atoms with E-state index in [0.717, 1.165) is 30.8 Å². The van der Waals surface area contributed by atoms with Crippen LogP contribution >= 0.6 is 0 Å². The Morgan fingerprint density at radius 3 is 2.69 bits per heavy atom. The van der Waals surface area contributed by atoms with E-state index in [2.05, 4.69) is 25.9 Å². The van der Waals surface area contributed by atoms with E-state index in [-0.39, 0.29) is 5.92 Å². The maximum Gasteiger partial charge on any atom is 0.230 e. The van der Waals surface area contributed by atoms with Gasteiger partial charge in [0.15, 0.2) is 0 Å². The number of pyridine rings is 1. The van der Waals surface area contributed by atoms with Crippen molar-refractivity contribution in [1.29, 1.82) is 0 Å². The van der Waals surface area contributed by atoms with Gasteiger partial charge in [0.1, 0.15) is 5.82 Å². The number of aromatic nitrogens is 5. The first-order valence-corrected chi connectivity index (χ1v) is 9.67. The molecule has 3 aromatic rings. The first-order chi connectivity index (χ1) is 12.9. The number of nitrogens with zero attached hydrogens (tertiary/aromatic N) is 5. The summed E-state index contributed by atoms with van der Waals surface area (Å²) in [6.45, 7) is 0.999. The standard InChI is InChI=1S/C20H23N5O/c1-2-4-15(5-3-1)19-22-13-17-12-16(8-11-25(17)19)20-23-18(24-26-20)14-6-9-21-10-7-14/h6-7,9-10,13,15-16H,1-5,8,11-12H2. The molecule has 0 bridgehead atoms. The molecule has 0 radical (unpaired) electrons. The maximum absolute atomic E-state index is 5.59. The molecule has 1 aliphatic heterocycles. The van der Waals surface area contributed by atoms with E-state index in [1.807, 2.05) is 12.1 Å². The average molecular weight is 349 g/mol. The molecule has 3 aromatic heterocycles. The molecule has 6 heteroatoms. The van der Waals surface area contributed by atoms with Crippen molar-refractivity contribution >= 4 is 0 Å². The van der Waals surface area contributed by atoms with Gasteiger partial charge in [-0.05, 0) is 31.4 Å². The van der Waals surface area contributed by atoms with Crippen LogP contribution < -0.4 is 0 Å². The van der Waals surface area contributed by atoms with E-state index in [1.54, 1.807) is 12.4 Å². The Morgan fingerprint density at radius 2 is 1.85 bits per heavy atom. The predicted molar refractivity (Wildman–Crippen MR) is 96.6 cm³/mol. The lowest BCUT2D eigenvalue weighted by Gasteiger charge is -2.26. The molecule has 26 heavy (non-hydrogen) atoms. The van der Waals surface area contributed by atoms with Crippen LogP contribution in [0.3, 0.4) is 0 Å². The molecule has 134 valence electrons. The van der Waals surface area contributed by atoms with E-state index >= 15 is 0 Å². The van der Waals surface area contributed by atoms with Crippen LogP contribution in [0.25, 0.3) is 11.4 Å². The molecule has 4 heterocycles. The topological polar surface area (TPSA) is 69.6 Å². The molecule has 2 aliphatic rings. The van der Waals surface area contributed by atoms with Crippen LogP contribution in [0.2, 0.25) is 0 Å². The molecule has 1 fully saturated rings. The highest BCUT2D eigenvalue weighted by atomic mass is 16.5. The third-order valence-electron chi connectivity index (χ3n) is 5.83. The highest BCUT2D eigenvalue weighted by Crippen LogP contribution is 2.36. The SMILES string of the molecule is c1cc(-c2noc(C3CCn4c(cnc4C4CCCCC4)C3)n2)ccn1. The lowest BCUT2D eigenvalue weighted by Crippen LogP contribution is -2.21. The van der Waals surface area contributed by atoms with Gasteiger partial charge in [-0.1, -0.05) is 24.4 Å². The van der Waals surface area contributed by atoms with Gasteiger partial charge in [0, 0.05) is 54.6 Å². The Balaban J connectivity index is 1.35. The van der Waals surface area contributed by atoms with Gasteiger partial charge in [0.2, 0.25) is 11.7 Å². The largest absolute Gasteiger partial charge is 0.339 e. The van der Waals surface area contributed by atoms with Crippen molar-refractivity contribution in [2.45, 2.75) is 63.3 Å². The number of rotatable bonds is 3. The molecular weight excluding hydrogens is 326 g/mol. The van der Waals surface area contributed by atoms with Crippen LogP contribution in [0.4, 0.5) is 0 Å². The van der Waals surface area contributed by atoms with E-state index in [1.165, 1.54) is 43.6 Å². The molecular formula is C20H23N5O. The maximum atomic E-state index is 5.59. The Labute approximate surface area is 152 Å². The van der Waals surface area contributed by atoms with Crippen LogP contribution in [-0.2, 0) is 13.0 Å². The van der Waals surface area contributed by atoms with Crippen LogP contribution in [0.1, 0.15) is 67.8 Å². The molecule has 0 aromatic carbocycles. The molecule has 0 saturated heterocycles. The highest BCUT2D eigenvalue weighted by molar-refractivity contribution is 5.52. The summed E-state index contributed by atoms with van der Waals surface area (Å²) in [6.07, 6.45) is 14.2. The Kier molecular flexibility index (Phi) is 4.03. The summed E-state index contributed by atoms with van der Waals surface area (Å²) in [5.41, 5.74) is 2.25. The molecule has 1 aliphatic carbocycles. The smallest absolute Gasteiger partial charge is 0.230 e. The van der Waals surface area contributed by atoms with Crippen LogP contribution in [0.15, 0.2) is 35.2 Å². The molecule has 1 atom stereocenters. The van der Waals surface area contributed by atoms with Crippen molar-refractivity contribution in [3.8, 4) is 11.4 Å². The summed E-state index contributed by atoms with van der Waals surface area (Å²) in [6, 6.07) is 3.81. The summed E-state index contributed by atoms with van der Waals surface area (Å²) in [7, 11) is 0. The van der Waals surface area contributed by atoms with Gasteiger partial charge < -0.3 is 9.09 Å². The van der Waals surface area contributed by atoms with Gasteiger partial charge in [-0.3, -0.25) is 4.98 Å². The first-order valence-electron chi connectivity index (χ1n) is 9.67. The summed E-state index contributed by atoms with van der Waals surface area (Å²) in [5.74, 6) is 3.62. The highest BCUT2D eigenvalue weighted by Gasteiger charge is 2.29. The van der Waals surface area contributed by atoms with Crippen molar-refractivity contribution in [2.24, 2.45) is 0 Å². The Bertz CT molecular complexity index is 879. The van der Waals surface area contributed by atoms with Gasteiger partial charge in [0.05, 0.1) is 0 Å². The van der Waals surface area contributed by atoms with Crippen molar-refractivity contribution in [3.05, 3.63) is 48.1 Å². The lowest BCUT2D eigenvalue weighted by molar-refractivity contribution is 0.320. The predicted octanol–water partition coefficient (Wildman–Crippen LogP) is 4.11. The summed E-state index contributed by atoms with van der Waals surface area (Å²) in [4.78, 5) is 13.5. The van der Waals surface area contributed by atoms with Crippen LogP contribution in [-0.4, -0.2) is 24.7 Å². The zero-order valence-electron chi connectivity index (χ0n) is 14.8. The molecule has 0 spiro atoms. The molecule has 0 amide bonds. The summed E-state index contributed by atoms with van der Waals surface area (Å²) < 4.78 is 8.04. The fourth-order valence-corrected chi connectivity index (χ4v) is 4.40. The number of hydrogen-bond donors (Lipinski definition) is 0. The summed E-state index contributed by atoms with van der Waals surface area (Å²) in [5, 5.41) is 4.16. The first kappa shape index (κ1) is 15.7. The minimum absolute atomic E-state index is 0.279. The van der Waals surface area contributed by atoms with Gasteiger partial charge in [0.25, 0.3) is 0 Å². The van der Waals surface area contributed by atoms with Gasteiger partial charge >= 0.3 is 0 Å². The molecule has 0 N–H and O–H groups in total. The van der Waals surface area contributed by atoms with Gasteiger partial charge in [-0.15, -0.1) is 0 Å². The van der Waals surface area contributed by atoms with Crippen molar-refractivity contribution < 1.29 is 4.52 Å². The molecule has 1 unspecified atom stereocenters. The van der Waals surface area contributed by atoms with E-state index in [0.29, 0.717) is 11.7 Å². The number of hydrogen-bond acceptors (Lipinski definition) is 5. The number of imidazole rings is 1.